The van der Waals surface area contributed by atoms with E-state index in [2.05, 4.69) is 0 Å². The maximum Gasteiger partial charge on any atom is 0.336 e. The van der Waals surface area contributed by atoms with Gasteiger partial charge in [-0.25, -0.2) is 4.79 Å². The molecule has 1 unspecified atom stereocenters. The molecule has 1 amide bonds. The van der Waals surface area contributed by atoms with E-state index in [1.165, 1.54) is 0 Å². The van der Waals surface area contributed by atoms with E-state index < -0.39 is 11.9 Å². The van der Waals surface area contributed by atoms with Gasteiger partial charge in [0.2, 0.25) is 5.91 Å². The summed E-state index contributed by atoms with van der Waals surface area (Å²) in [6.45, 7) is 2.41. The number of rotatable bonds is 6. The Balaban J connectivity index is 1.45. The van der Waals surface area contributed by atoms with Crippen LogP contribution in [0.5, 0.6) is 11.5 Å². The van der Waals surface area contributed by atoms with Crippen molar-refractivity contribution in [1.82, 2.24) is 0 Å². The summed E-state index contributed by atoms with van der Waals surface area (Å²) in [6, 6.07) is 20.6. The standard InChI is InChI=1S/C28H24ClNO5/c1-17-3-10-21(11-4-17)30-23-16-35-28(32)27(23)22(14-26(30)31)19-7-12-24(25(13-19)33-2)34-15-18-5-8-20(29)9-6-18/h3-13,22H,14-16H2,1-2H3. The predicted molar refractivity (Wildman–Crippen MR) is 133 cm³/mol. The van der Waals surface area contributed by atoms with Crippen molar-refractivity contribution in [3.05, 3.63) is 99.7 Å². The summed E-state index contributed by atoms with van der Waals surface area (Å²) in [6.07, 6.45) is 0.149. The first-order valence-corrected chi connectivity index (χ1v) is 11.7. The molecule has 0 aromatic heterocycles. The fourth-order valence-corrected chi connectivity index (χ4v) is 4.62. The maximum absolute atomic E-state index is 13.3. The third-order valence-corrected chi connectivity index (χ3v) is 6.56. The third-order valence-electron chi connectivity index (χ3n) is 6.31. The largest absolute Gasteiger partial charge is 0.493 e. The van der Waals surface area contributed by atoms with E-state index in [4.69, 9.17) is 25.8 Å². The number of aryl methyl sites for hydroxylation is 1. The highest BCUT2D eigenvalue weighted by Crippen LogP contribution is 2.43. The van der Waals surface area contributed by atoms with Gasteiger partial charge in [0.25, 0.3) is 0 Å². The monoisotopic (exact) mass is 489 g/mol. The number of methoxy groups -OCH3 is 1. The number of hydrogen-bond acceptors (Lipinski definition) is 5. The molecule has 5 rings (SSSR count). The fraction of sp³-hybridized carbons (Fsp3) is 0.214. The summed E-state index contributed by atoms with van der Waals surface area (Å²) in [5.41, 5.74) is 4.70. The lowest BCUT2D eigenvalue weighted by Crippen LogP contribution is -2.37. The zero-order valence-electron chi connectivity index (χ0n) is 19.4. The normalized spacial score (nSPS) is 17.3. The van der Waals surface area contributed by atoms with Gasteiger partial charge in [0.05, 0.1) is 18.4 Å². The summed E-state index contributed by atoms with van der Waals surface area (Å²) >= 11 is 5.95. The van der Waals surface area contributed by atoms with Crippen molar-refractivity contribution in [3.63, 3.8) is 0 Å². The lowest BCUT2D eigenvalue weighted by molar-refractivity contribution is -0.136. The molecule has 0 saturated carbocycles. The molecule has 35 heavy (non-hydrogen) atoms. The van der Waals surface area contributed by atoms with Crippen LogP contribution in [0.3, 0.4) is 0 Å². The van der Waals surface area contributed by atoms with Gasteiger partial charge < -0.3 is 14.2 Å². The van der Waals surface area contributed by atoms with Crippen LogP contribution in [0.4, 0.5) is 5.69 Å². The Bertz CT molecular complexity index is 1310. The zero-order chi connectivity index (χ0) is 24.5. The topological polar surface area (TPSA) is 65.1 Å². The van der Waals surface area contributed by atoms with Crippen molar-refractivity contribution in [2.45, 2.75) is 25.9 Å². The van der Waals surface area contributed by atoms with Gasteiger partial charge in [-0.2, -0.15) is 0 Å². The Morgan fingerprint density at radius 3 is 2.46 bits per heavy atom. The number of cyclic esters (lactones) is 1. The molecule has 7 heteroatoms. The molecule has 3 aromatic rings. The Labute approximate surface area is 208 Å². The number of anilines is 1. The van der Waals surface area contributed by atoms with Crippen molar-refractivity contribution in [2.24, 2.45) is 0 Å². The minimum Gasteiger partial charge on any atom is -0.493 e. The van der Waals surface area contributed by atoms with Gasteiger partial charge in [-0.3, -0.25) is 9.69 Å². The van der Waals surface area contributed by atoms with Crippen LogP contribution in [0.2, 0.25) is 5.02 Å². The van der Waals surface area contributed by atoms with Gasteiger partial charge >= 0.3 is 5.97 Å². The molecule has 0 bridgehead atoms. The minimum atomic E-state index is -0.423. The molecule has 0 fully saturated rings. The first kappa shape index (κ1) is 23.0. The maximum atomic E-state index is 13.3. The fourth-order valence-electron chi connectivity index (χ4n) is 4.49. The molecule has 0 aliphatic carbocycles. The number of carbonyl (C=O) groups excluding carboxylic acids is 2. The van der Waals surface area contributed by atoms with Gasteiger partial charge in [0, 0.05) is 23.0 Å². The van der Waals surface area contributed by atoms with Crippen LogP contribution in [-0.4, -0.2) is 25.6 Å². The summed E-state index contributed by atoms with van der Waals surface area (Å²) in [4.78, 5) is 27.6. The Kier molecular flexibility index (Phi) is 6.22. The second-order valence-corrected chi connectivity index (χ2v) is 9.02. The van der Waals surface area contributed by atoms with Crippen LogP contribution < -0.4 is 14.4 Å². The van der Waals surface area contributed by atoms with Crippen LogP contribution in [0, 0.1) is 6.92 Å². The molecule has 0 spiro atoms. The number of amides is 1. The highest BCUT2D eigenvalue weighted by molar-refractivity contribution is 6.30. The molecule has 2 aliphatic rings. The molecule has 1 atom stereocenters. The summed E-state index contributed by atoms with van der Waals surface area (Å²) in [7, 11) is 1.56. The number of hydrogen-bond donors (Lipinski definition) is 0. The third kappa shape index (κ3) is 4.49. The summed E-state index contributed by atoms with van der Waals surface area (Å²) < 4.78 is 16.9. The van der Waals surface area contributed by atoms with Crippen molar-refractivity contribution in [1.29, 1.82) is 0 Å². The van der Waals surface area contributed by atoms with E-state index in [1.54, 1.807) is 18.1 Å². The van der Waals surface area contributed by atoms with Gasteiger partial charge in [0.1, 0.15) is 13.2 Å². The Morgan fingerprint density at radius 2 is 1.74 bits per heavy atom. The first-order chi connectivity index (χ1) is 16.9. The number of ether oxygens (including phenoxy) is 3. The first-order valence-electron chi connectivity index (χ1n) is 11.3. The van der Waals surface area contributed by atoms with E-state index in [-0.39, 0.29) is 18.9 Å². The highest BCUT2D eigenvalue weighted by atomic mass is 35.5. The minimum absolute atomic E-state index is 0.0731. The van der Waals surface area contributed by atoms with Gasteiger partial charge in [0.15, 0.2) is 11.5 Å². The number of benzene rings is 3. The lowest BCUT2D eigenvalue weighted by atomic mass is 9.84. The molecule has 0 N–H and O–H groups in total. The SMILES string of the molecule is COc1cc(C2CC(=O)N(c3ccc(C)cc3)C3=C2C(=O)OC3)ccc1OCc1ccc(Cl)cc1. The van der Waals surface area contributed by atoms with E-state index in [0.29, 0.717) is 34.4 Å². The molecule has 178 valence electrons. The second-order valence-electron chi connectivity index (χ2n) is 8.58. The average molecular weight is 490 g/mol. The Hall–Kier alpha value is -3.77. The van der Waals surface area contributed by atoms with Gasteiger partial charge in [-0.05, 0) is 54.4 Å². The quantitative estimate of drug-likeness (QED) is 0.424. The summed E-state index contributed by atoms with van der Waals surface area (Å²) in [5, 5.41) is 0.665. The van der Waals surface area contributed by atoms with Crippen LogP contribution in [0.15, 0.2) is 78.0 Å². The molecule has 0 saturated heterocycles. The molecule has 2 heterocycles. The smallest absolute Gasteiger partial charge is 0.336 e. The number of carbonyl (C=O) groups is 2. The van der Waals surface area contributed by atoms with Crippen molar-refractivity contribution in [3.8, 4) is 11.5 Å². The molecule has 3 aromatic carbocycles. The number of nitrogens with zero attached hydrogens (tertiary/aromatic N) is 1. The van der Waals surface area contributed by atoms with E-state index in [1.807, 2.05) is 67.6 Å². The van der Waals surface area contributed by atoms with Crippen LogP contribution in [0.25, 0.3) is 0 Å². The van der Waals surface area contributed by atoms with Crippen molar-refractivity contribution >= 4 is 29.2 Å². The van der Waals surface area contributed by atoms with Crippen molar-refractivity contribution < 1.29 is 23.8 Å². The zero-order valence-corrected chi connectivity index (χ0v) is 20.2. The molecule has 0 radical (unpaired) electrons. The molecule has 2 aliphatic heterocycles. The average Bonchev–Trinajstić information content (AvgIpc) is 3.25. The summed E-state index contributed by atoms with van der Waals surface area (Å²) in [5.74, 6) is 0.194. The Morgan fingerprint density at radius 1 is 1.00 bits per heavy atom. The van der Waals surface area contributed by atoms with E-state index in [0.717, 1.165) is 22.4 Å². The number of esters is 1. The van der Waals surface area contributed by atoms with Crippen LogP contribution in [-0.2, 0) is 20.9 Å². The molecular formula is C28H24ClNO5. The van der Waals surface area contributed by atoms with Crippen LogP contribution in [0.1, 0.15) is 29.0 Å². The highest BCUT2D eigenvalue weighted by Gasteiger charge is 2.43. The van der Waals surface area contributed by atoms with Crippen LogP contribution >= 0.6 is 11.6 Å². The molecule has 6 nitrogen and oxygen atoms in total. The second kappa shape index (κ2) is 9.47. The van der Waals surface area contributed by atoms with Crippen molar-refractivity contribution in [2.75, 3.05) is 18.6 Å². The van der Waals surface area contributed by atoms with E-state index in [9.17, 15) is 9.59 Å². The molecular weight excluding hydrogens is 466 g/mol. The lowest BCUT2D eigenvalue weighted by Gasteiger charge is -2.32. The van der Waals surface area contributed by atoms with Gasteiger partial charge in [-0.15, -0.1) is 0 Å². The predicted octanol–water partition coefficient (Wildman–Crippen LogP) is 5.57. The van der Waals surface area contributed by atoms with Gasteiger partial charge in [-0.1, -0.05) is 47.5 Å². The number of halogens is 1. The van der Waals surface area contributed by atoms with E-state index >= 15 is 0 Å².